The van der Waals surface area contributed by atoms with E-state index in [1.54, 1.807) is 9.58 Å². The van der Waals surface area contributed by atoms with Crippen LogP contribution in [0.3, 0.4) is 0 Å². The Morgan fingerprint density at radius 1 is 1.06 bits per heavy atom. The summed E-state index contributed by atoms with van der Waals surface area (Å²) < 4.78 is 7.84. The molecule has 11 nitrogen and oxygen atoms in total. The van der Waals surface area contributed by atoms with Crippen LogP contribution in [0.25, 0.3) is 0 Å². The van der Waals surface area contributed by atoms with Gasteiger partial charge in [-0.3, -0.25) is 14.4 Å². The first-order valence-electron chi connectivity index (χ1n) is 13.4. The Hall–Kier alpha value is -1.63. The predicted octanol–water partition coefficient (Wildman–Crippen LogP) is -0.725. The predicted molar refractivity (Wildman–Crippen MR) is 128 cm³/mol. The summed E-state index contributed by atoms with van der Waals surface area (Å²) in [7, 11) is 0. The van der Waals surface area contributed by atoms with Crippen LogP contribution < -0.4 is 5.32 Å². The molecule has 4 saturated carbocycles. The summed E-state index contributed by atoms with van der Waals surface area (Å²) in [6.45, 7) is 2.49. The van der Waals surface area contributed by atoms with E-state index >= 15 is 0 Å². The smallest absolute Gasteiger partial charge is 0.217 e. The van der Waals surface area contributed by atoms with E-state index in [1.165, 1.54) is 45.4 Å². The molecule has 6 rings (SSSR count). The van der Waals surface area contributed by atoms with Crippen LogP contribution in [-0.2, 0) is 22.7 Å². The van der Waals surface area contributed by atoms with E-state index in [0.717, 1.165) is 30.1 Å². The number of rotatable bonds is 10. The minimum atomic E-state index is -1.30. The fourth-order valence-electron chi connectivity index (χ4n) is 8.07. The third kappa shape index (κ3) is 5.19. The van der Waals surface area contributed by atoms with E-state index in [4.69, 9.17) is 4.74 Å². The van der Waals surface area contributed by atoms with Crippen molar-refractivity contribution < 1.29 is 30.0 Å². The van der Waals surface area contributed by atoms with E-state index < -0.39 is 36.9 Å². The first-order chi connectivity index (χ1) is 17.3. The van der Waals surface area contributed by atoms with Crippen molar-refractivity contribution in [2.75, 3.05) is 26.4 Å². The van der Waals surface area contributed by atoms with Gasteiger partial charge in [0.2, 0.25) is 5.91 Å². The first kappa shape index (κ1) is 26.0. The zero-order valence-corrected chi connectivity index (χ0v) is 21.1. The Kier molecular flexibility index (Phi) is 7.67. The molecule has 0 spiro atoms. The van der Waals surface area contributed by atoms with E-state index in [1.807, 2.05) is 6.20 Å². The third-order valence-electron chi connectivity index (χ3n) is 9.12. The summed E-state index contributed by atoms with van der Waals surface area (Å²) in [4.78, 5) is 13.4. The van der Waals surface area contributed by atoms with Crippen molar-refractivity contribution in [1.29, 1.82) is 0 Å². The highest BCUT2D eigenvalue weighted by molar-refractivity contribution is 5.73. The zero-order chi connectivity index (χ0) is 25.4. The number of carbonyl (C=O) groups is 1. The highest BCUT2D eigenvalue weighted by Gasteiger charge is 2.51. The molecule has 0 radical (unpaired) electrons. The number of aromatic nitrogens is 3. The fraction of sp³-hybridized carbons (Fsp3) is 0.880. The maximum absolute atomic E-state index is 11.6. The van der Waals surface area contributed by atoms with Crippen LogP contribution in [0.4, 0.5) is 0 Å². The lowest BCUT2D eigenvalue weighted by Gasteiger charge is -2.56. The minimum absolute atomic E-state index is 0.327. The topological polar surface area (TPSA) is 153 Å². The fourth-order valence-corrected chi connectivity index (χ4v) is 8.07. The lowest BCUT2D eigenvalue weighted by molar-refractivity contribution is -0.145. The number of nitrogens with one attached hydrogen (secondary N) is 1. The van der Waals surface area contributed by atoms with E-state index in [-0.39, 0.29) is 12.5 Å². The highest BCUT2D eigenvalue weighted by atomic mass is 16.5. The number of hydrogen-bond donors (Lipinski definition) is 5. The molecule has 0 aromatic carbocycles. The summed E-state index contributed by atoms with van der Waals surface area (Å²) in [5, 5.41) is 52.0. The Morgan fingerprint density at radius 2 is 1.69 bits per heavy atom. The van der Waals surface area contributed by atoms with E-state index in [0.29, 0.717) is 25.1 Å². The molecule has 1 saturated heterocycles. The number of ether oxygens (including phenoxy) is 1. The van der Waals surface area contributed by atoms with Crippen LogP contribution in [0.5, 0.6) is 0 Å². The van der Waals surface area contributed by atoms with Crippen molar-refractivity contribution in [1.82, 2.24) is 25.2 Å². The number of likely N-dealkylation sites (tertiary alicyclic amines) is 1. The molecule has 1 aliphatic heterocycles. The van der Waals surface area contributed by atoms with Crippen molar-refractivity contribution in [3.05, 3.63) is 11.9 Å². The van der Waals surface area contributed by atoms with Crippen molar-refractivity contribution in [2.24, 2.45) is 23.2 Å². The molecule has 1 aromatic rings. The lowest BCUT2D eigenvalue weighted by Crippen LogP contribution is -2.72. The van der Waals surface area contributed by atoms with Crippen LogP contribution in [0.1, 0.15) is 51.1 Å². The van der Waals surface area contributed by atoms with Gasteiger partial charge in [0.15, 0.2) is 0 Å². The summed E-state index contributed by atoms with van der Waals surface area (Å²) in [5.74, 6) is 2.31. The molecule has 4 aliphatic carbocycles. The third-order valence-corrected chi connectivity index (χ3v) is 9.12. The standard InChI is InChI=1S/C25H41N5O6/c1-15(33)26-22-20(11-31)30(21(12-32)23(34)24(22)35)3-2-29-10-19(27-28-29)13-36-14-25-7-16-4-17(8-25)6-18(5-16)9-25/h10,16-18,20-24,31-32,34-35H,2-9,11-14H2,1H3,(H,26,33)/t16-,17-,18?,20+,21-,22+,23-,24-,25?/m1/s1. The second-order valence-corrected chi connectivity index (χ2v) is 11.8. The number of carbonyl (C=O) groups excluding carboxylic acids is 1. The molecular weight excluding hydrogens is 466 g/mol. The van der Waals surface area contributed by atoms with Crippen LogP contribution in [-0.4, -0.2) is 103 Å². The molecule has 1 amide bonds. The van der Waals surface area contributed by atoms with Gasteiger partial charge < -0.3 is 30.5 Å². The summed E-state index contributed by atoms with van der Waals surface area (Å²) in [6, 6.07) is -2.32. The molecule has 4 bridgehead atoms. The monoisotopic (exact) mass is 507 g/mol. The number of piperidine rings is 1. The summed E-state index contributed by atoms with van der Waals surface area (Å²) >= 11 is 0. The van der Waals surface area contributed by atoms with Crippen molar-refractivity contribution >= 4 is 5.91 Å². The molecular formula is C25H41N5O6. The molecule has 11 heteroatoms. The molecule has 5 atom stereocenters. The minimum Gasteiger partial charge on any atom is -0.395 e. The quantitative estimate of drug-likeness (QED) is 0.276. The van der Waals surface area contributed by atoms with Gasteiger partial charge in [-0.05, 0) is 61.7 Å². The number of aliphatic hydroxyl groups is 4. The maximum Gasteiger partial charge on any atom is 0.217 e. The normalized spacial score (nSPS) is 40.0. The molecule has 5 aliphatic rings. The number of nitrogens with zero attached hydrogens (tertiary/aromatic N) is 4. The Morgan fingerprint density at radius 3 is 2.28 bits per heavy atom. The summed E-state index contributed by atoms with van der Waals surface area (Å²) in [5.41, 5.74) is 1.11. The summed E-state index contributed by atoms with van der Waals surface area (Å²) in [6.07, 6.45) is 7.42. The molecule has 36 heavy (non-hydrogen) atoms. The second kappa shape index (κ2) is 10.6. The van der Waals surface area contributed by atoms with Crippen molar-refractivity contribution in [3.63, 3.8) is 0 Å². The van der Waals surface area contributed by atoms with Crippen LogP contribution in [0.2, 0.25) is 0 Å². The maximum atomic E-state index is 11.6. The average Bonchev–Trinajstić information content (AvgIpc) is 3.27. The lowest BCUT2D eigenvalue weighted by atomic mass is 9.50. The number of hydrogen-bond acceptors (Lipinski definition) is 9. The van der Waals surface area contributed by atoms with Gasteiger partial charge in [-0.25, -0.2) is 0 Å². The van der Waals surface area contributed by atoms with Crippen LogP contribution >= 0.6 is 0 Å². The van der Waals surface area contributed by atoms with Crippen LogP contribution in [0.15, 0.2) is 6.20 Å². The Labute approximate surface area is 211 Å². The largest absolute Gasteiger partial charge is 0.395 e. The van der Waals surface area contributed by atoms with Crippen LogP contribution in [0, 0.1) is 23.2 Å². The molecule has 2 heterocycles. The second-order valence-electron chi connectivity index (χ2n) is 11.8. The molecule has 202 valence electrons. The first-order valence-corrected chi connectivity index (χ1v) is 13.4. The van der Waals surface area contributed by atoms with Gasteiger partial charge in [0, 0.05) is 13.5 Å². The molecule has 5 N–H and O–H groups in total. The van der Waals surface area contributed by atoms with Crippen molar-refractivity contribution in [3.8, 4) is 0 Å². The van der Waals surface area contributed by atoms with Gasteiger partial charge in [0.05, 0.1) is 63.4 Å². The van der Waals surface area contributed by atoms with Gasteiger partial charge >= 0.3 is 0 Å². The van der Waals surface area contributed by atoms with Gasteiger partial charge in [0.1, 0.15) is 11.8 Å². The van der Waals surface area contributed by atoms with Gasteiger partial charge in [0.25, 0.3) is 0 Å². The average molecular weight is 508 g/mol. The van der Waals surface area contributed by atoms with E-state index in [9.17, 15) is 25.2 Å². The van der Waals surface area contributed by atoms with E-state index in [2.05, 4.69) is 15.6 Å². The van der Waals surface area contributed by atoms with Gasteiger partial charge in [-0.2, -0.15) is 0 Å². The van der Waals surface area contributed by atoms with Crippen molar-refractivity contribution in [2.45, 2.75) is 88.9 Å². The molecule has 5 fully saturated rings. The van der Waals surface area contributed by atoms with Gasteiger partial charge in [-0.1, -0.05) is 5.21 Å². The SMILES string of the molecule is CC(=O)N[C@@H]1[C@@H](O)[C@H](O)[C@@H](CO)N(CCn2cc(COCC34CC5C[C@H](C3)C[C@H](C5)C4)nn2)[C@H]1CO. The highest BCUT2D eigenvalue weighted by Crippen LogP contribution is 2.60. The van der Waals surface area contributed by atoms with Gasteiger partial charge in [-0.15, -0.1) is 5.10 Å². The Bertz CT molecular complexity index is 876. The number of amides is 1. The molecule has 1 aromatic heterocycles. The zero-order valence-electron chi connectivity index (χ0n) is 21.1. The Balaban J connectivity index is 1.16. The molecule has 0 unspecified atom stereocenters. The number of aliphatic hydroxyl groups excluding tert-OH is 4.